The number of aromatic nitrogens is 2. The molecule has 2 heterocycles. The van der Waals surface area contributed by atoms with Crippen LogP contribution in [0.15, 0.2) is 30.6 Å². The molecule has 0 aliphatic carbocycles. The van der Waals surface area contributed by atoms with Crippen molar-refractivity contribution in [3.05, 3.63) is 67.4 Å². The fourth-order valence-electron chi connectivity index (χ4n) is 4.55. The number of methoxy groups -OCH3 is 2. The van der Waals surface area contributed by atoms with E-state index in [1.807, 2.05) is 6.92 Å². The van der Waals surface area contributed by atoms with Gasteiger partial charge in [-0.15, -0.1) is 0 Å². The van der Waals surface area contributed by atoms with Crippen molar-refractivity contribution in [2.24, 2.45) is 0 Å². The molecule has 13 heteroatoms. The second kappa shape index (κ2) is 12.7. The highest BCUT2D eigenvalue weighted by molar-refractivity contribution is 6.39. The average Bonchev–Trinajstić information content (AvgIpc) is 2.95. The third kappa shape index (κ3) is 6.06. The minimum atomic E-state index is -0.751. The number of nitro benzene ring substituents is 1. The van der Waals surface area contributed by atoms with Crippen LogP contribution in [0.25, 0.3) is 11.9 Å². The Morgan fingerprint density at radius 1 is 1.12 bits per heavy atom. The largest absolute Gasteiger partial charge is 0.495 e. The van der Waals surface area contributed by atoms with Crippen molar-refractivity contribution in [2.45, 2.75) is 13.8 Å². The van der Waals surface area contributed by atoms with Crippen molar-refractivity contribution < 1.29 is 18.8 Å². The molecular formula is C27H29Cl2FN6O4. The van der Waals surface area contributed by atoms with Crippen molar-refractivity contribution in [3.8, 4) is 11.5 Å². The molecule has 1 aliphatic rings. The summed E-state index contributed by atoms with van der Waals surface area (Å²) in [5.74, 6) is -0.234. The van der Waals surface area contributed by atoms with Crippen LogP contribution >= 0.6 is 23.2 Å². The Morgan fingerprint density at radius 2 is 1.73 bits per heavy atom. The zero-order valence-electron chi connectivity index (χ0n) is 22.5. The molecule has 212 valence electrons. The van der Waals surface area contributed by atoms with Crippen molar-refractivity contribution in [3.63, 3.8) is 0 Å². The lowest BCUT2D eigenvalue weighted by molar-refractivity contribution is -0.383. The maximum atomic E-state index is 15.3. The molecule has 0 spiro atoms. The van der Waals surface area contributed by atoms with Gasteiger partial charge in [0.1, 0.15) is 23.0 Å². The van der Waals surface area contributed by atoms with Crippen LogP contribution < -0.4 is 19.7 Å². The smallest absolute Gasteiger partial charge is 0.293 e. The quantitative estimate of drug-likeness (QED) is 0.224. The zero-order chi connectivity index (χ0) is 29.0. The predicted molar refractivity (Wildman–Crippen MR) is 156 cm³/mol. The number of nitrogens with one attached hydrogen (secondary N) is 1. The lowest BCUT2D eigenvalue weighted by Gasteiger charge is -2.36. The molecule has 1 fully saturated rings. The van der Waals surface area contributed by atoms with Crippen LogP contribution in [-0.4, -0.2) is 66.7 Å². The van der Waals surface area contributed by atoms with Crippen LogP contribution in [0.2, 0.25) is 10.0 Å². The molecule has 1 aliphatic heterocycles. The lowest BCUT2D eigenvalue weighted by Crippen LogP contribution is -2.46. The van der Waals surface area contributed by atoms with Crippen molar-refractivity contribution >= 4 is 58.1 Å². The third-order valence-electron chi connectivity index (χ3n) is 6.79. The van der Waals surface area contributed by atoms with Crippen molar-refractivity contribution in [1.82, 2.24) is 14.9 Å². The standard InChI is InChI=1S/C27H29Cl2FN6O4/c1-5-34-8-10-35(11-9-34)19-6-7-20(36(37)38)26(16(19)2)33-27-31-14-17(15-32-27)12-18(30)23-24(28)21(39-3)13-22(40-4)25(23)29/h6-7,12-15H,5,8-11H2,1-4H3,(H,31,32,33)/b18-12-. The highest BCUT2D eigenvalue weighted by atomic mass is 35.5. The summed E-state index contributed by atoms with van der Waals surface area (Å²) >= 11 is 12.6. The topological polar surface area (TPSA) is 106 Å². The highest BCUT2D eigenvalue weighted by Crippen LogP contribution is 2.44. The summed E-state index contributed by atoms with van der Waals surface area (Å²) in [5, 5.41) is 14.8. The first-order valence-corrected chi connectivity index (χ1v) is 13.3. The van der Waals surface area contributed by atoms with Gasteiger partial charge in [-0.3, -0.25) is 10.1 Å². The van der Waals surface area contributed by atoms with Gasteiger partial charge in [0.15, 0.2) is 0 Å². The summed E-state index contributed by atoms with van der Waals surface area (Å²) < 4.78 is 25.7. The first-order chi connectivity index (χ1) is 19.2. The number of hydrogen-bond acceptors (Lipinski definition) is 9. The van der Waals surface area contributed by atoms with E-state index in [0.717, 1.165) is 38.4 Å². The number of ether oxygens (including phenoxy) is 2. The molecular weight excluding hydrogens is 562 g/mol. The van der Waals surface area contributed by atoms with Crippen LogP contribution in [0.4, 0.5) is 27.4 Å². The van der Waals surface area contributed by atoms with E-state index in [9.17, 15) is 10.1 Å². The first kappa shape index (κ1) is 29.3. The Bertz CT molecular complexity index is 1400. The number of anilines is 3. The molecule has 1 aromatic heterocycles. The van der Waals surface area contributed by atoms with E-state index in [1.54, 1.807) is 6.07 Å². The van der Waals surface area contributed by atoms with Crippen LogP contribution in [0.3, 0.4) is 0 Å². The molecule has 40 heavy (non-hydrogen) atoms. The summed E-state index contributed by atoms with van der Waals surface area (Å²) in [7, 11) is 2.79. The van der Waals surface area contributed by atoms with Crippen LogP contribution in [0.5, 0.6) is 11.5 Å². The van der Waals surface area contributed by atoms with E-state index in [-0.39, 0.29) is 38.7 Å². The molecule has 0 bridgehead atoms. The number of rotatable bonds is 9. The Morgan fingerprint density at radius 3 is 2.25 bits per heavy atom. The van der Waals surface area contributed by atoms with Crippen molar-refractivity contribution in [1.29, 1.82) is 0 Å². The molecule has 0 unspecified atom stereocenters. The second-order valence-corrected chi connectivity index (χ2v) is 9.78. The van der Waals surface area contributed by atoms with Gasteiger partial charge in [0.05, 0.1) is 34.8 Å². The van der Waals surface area contributed by atoms with Gasteiger partial charge in [0.2, 0.25) is 5.95 Å². The molecule has 0 amide bonds. The Labute approximate surface area is 241 Å². The second-order valence-electron chi connectivity index (χ2n) is 9.02. The lowest BCUT2D eigenvalue weighted by atomic mass is 10.1. The van der Waals surface area contributed by atoms with Gasteiger partial charge in [0, 0.05) is 67.5 Å². The number of halogens is 3. The summed E-state index contributed by atoms with van der Waals surface area (Å²) in [6.45, 7) is 8.43. The Balaban J connectivity index is 1.61. The maximum Gasteiger partial charge on any atom is 0.293 e. The predicted octanol–water partition coefficient (Wildman–Crippen LogP) is 6.37. The fraction of sp³-hybridized carbons (Fsp3) is 0.333. The van der Waals surface area contributed by atoms with Gasteiger partial charge in [-0.05, 0) is 25.6 Å². The van der Waals surface area contributed by atoms with Gasteiger partial charge in [-0.1, -0.05) is 30.1 Å². The zero-order valence-corrected chi connectivity index (χ0v) is 24.0. The summed E-state index contributed by atoms with van der Waals surface area (Å²) in [6.07, 6.45) is 3.92. The van der Waals surface area contributed by atoms with Crippen molar-refractivity contribution in [2.75, 3.05) is 57.2 Å². The van der Waals surface area contributed by atoms with Crippen LogP contribution in [-0.2, 0) is 0 Å². The number of benzene rings is 2. The van der Waals surface area contributed by atoms with Gasteiger partial charge >= 0.3 is 0 Å². The SMILES string of the molecule is CCN1CCN(c2ccc([N+](=O)[O-])c(Nc3ncc(/C=C(\F)c4c(Cl)c(OC)cc(OC)c4Cl)cn3)c2C)CC1. The molecule has 0 saturated carbocycles. The van der Waals surface area contributed by atoms with Gasteiger partial charge in [-0.25, -0.2) is 14.4 Å². The highest BCUT2D eigenvalue weighted by Gasteiger charge is 2.24. The normalized spacial score (nSPS) is 14.3. The first-order valence-electron chi connectivity index (χ1n) is 12.5. The summed E-state index contributed by atoms with van der Waals surface area (Å²) in [5.41, 5.74) is 2.05. The molecule has 1 saturated heterocycles. The fourth-order valence-corrected chi connectivity index (χ4v) is 5.23. The summed E-state index contributed by atoms with van der Waals surface area (Å²) in [6, 6.07) is 4.73. The van der Waals surface area contributed by atoms with Crippen LogP contribution in [0, 0.1) is 17.0 Å². The maximum absolute atomic E-state index is 15.3. The van der Waals surface area contributed by atoms with E-state index < -0.39 is 10.8 Å². The minimum Gasteiger partial charge on any atom is -0.495 e. The molecule has 0 atom stereocenters. The summed E-state index contributed by atoms with van der Waals surface area (Å²) in [4.78, 5) is 24.4. The molecule has 0 radical (unpaired) electrons. The number of likely N-dealkylation sites (N-methyl/N-ethyl adjacent to an activating group) is 1. The van der Waals surface area contributed by atoms with E-state index in [4.69, 9.17) is 32.7 Å². The van der Waals surface area contributed by atoms with Gasteiger partial charge < -0.3 is 24.6 Å². The number of nitro groups is 1. The molecule has 10 nitrogen and oxygen atoms in total. The molecule has 4 rings (SSSR count). The third-order valence-corrected chi connectivity index (χ3v) is 7.54. The Kier molecular flexibility index (Phi) is 9.28. The molecule has 3 aromatic rings. The molecule has 2 aromatic carbocycles. The van der Waals surface area contributed by atoms with Crippen LogP contribution in [0.1, 0.15) is 23.6 Å². The van der Waals surface area contributed by atoms with Gasteiger partial charge in [0.25, 0.3) is 5.69 Å². The molecule has 1 N–H and O–H groups in total. The number of hydrogen-bond donors (Lipinski definition) is 1. The minimum absolute atomic E-state index is 0.0139. The van der Waals surface area contributed by atoms with E-state index in [0.29, 0.717) is 16.8 Å². The van der Waals surface area contributed by atoms with E-state index in [2.05, 4.69) is 32.0 Å². The Hall–Kier alpha value is -3.67. The monoisotopic (exact) mass is 590 g/mol. The van der Waals surface area contributed by atoms with E-state index in [1.165, 1.54) is 44.8 Å². The number of nitrogens with zero attached hydrogens (tertiary/aromatic N) is 5. The van der Waals surface area contributed by atoms with E-state index >= 15 is 4.39 Å². The average molecular weight is 591 g/mol. The number of piperazine rings is 1. The van der Waals surface area contributed by atoms with Gasteiger partial charge in [-0.2, -0.15) is 0 Å².